The first-order chi connectivity index (χ1) is 20.5. The van der Waals surface area contributed by atoms with Crippen LogP contribution in [0.3, 0.4) is 0 Å². The van der Waals surface area contributed by atoms with Gasteiger partial charge in [-0.05, 0) is 45.3 Å². The predicted molar refractivity (Wildman–Crippen MR) is 156 cm³/mol. The summed E-state index contributed by atoms with van der Waals surface area (Å²) in [6.07, 6.45) is -1.48. The second-order valence-electron chi connectivity index (χ2n) is 10.6. The van der Waals surface area contributed by atoms with Gasteiger partial charge < -0.3 is 43.4 Å². The Morgan fingerprint density at radius 3 is 1.63 bits per heavy atom. The third-order valence-corrected chi connectivity index (χ3v) is 7.39. The highest BCUT2D eigenvalue weighted by molar-refractivity contribution is 6.04. The fourth-order valence-corrected chi connectivity index (χ4v) is 4.78. The van der Waals surface area contributed by atoms with Crippen molar-refractivity contribution in [1.29, 1.82) is 0 Å². The van der Waals surface area contributed by atoms with Crippen LogP contribution < -0.4 is 14.2 Å². The van der Waals surface area contributed by atoms with Crippen molar-refractivity contribution >= 4 is 24.1 Å². The molecule has 0 bridgehead atoms. The van der Waals surface area contributed by atoms with Crippen LogP contribution in [0.4, 0.5) is 9.59 Å². The van der Waals surface area contributed by atoms with E-state index in [-0.39, 0.29) is 29.5 Å². The molecule has 2 aromatic rings. The van der Waals surface area contributed by atoms with E-state index >= 15 is 0 Å². The lowest BCUT2D eigenvalue weighted by atomic mass is 10.2. The number of esters is 1. The van der Waals surface area contributed by atoms with E-state index in [0.29, 0.717) is 63.8 Å². The van der Waals surface area contributed by atoms with Crippen molar-refractivity contribution in [3.8, 4) is 22.9 Å². The minimum absolute atomic E-state index is 0.00580. The second kappa shape index (κ2) is 13.8. The van der Waals surface area contributed by atoms with Gasteiger partial charge in [0.15, 0.2) is 11.4 Å². The first kappa shape index (κ1) is 31.6. The molecule has 0 spiro atoms. The molecule has 0 unspecified atom stereocenters. The average molecular weight is 601 g/mol. The van der Waals surface area contributed by atoms with E-state index in [0.717, 1.165) is 0 Å². The number of hydrogen-bond acceptors (Lipinski definition) is 10. The van der Waals surface area contributed by atoms with Gasteiger partial charge in [-0.1, -0.05) is 0 Å². The monoisotopic (exact) mass is 600 g/mol. The van der Waals surface area contributed by atoms with Gasteiger partial charge in [0.1, 0.15) is 5.75 Å². The van der Waals surface area contributed by atoms with Crippen LogP contribution >= 0.6 is 0 Å². The molecule has 2 saturated heterocycles. The summed E-state index contributed by atoms with van der Waals surface area (Å²) in [6, 6.07) is 6.57. The molecule has 1 aromatic heterocycles. The number of benzene rings is 1. The molecule has 14 heteroatoms. The number of carbonyl (C=O) groups is 4. The maximum Gasteiger partial charge on any atom is 0.415 e. The van der Waals surface area contributed by atoms with Crippen LogP contribution in [0.5, 0.6) is 17.2 Å². The molecule has 0 N–H and O–H groups in total. The van der Waals surface area contributed by atoms with Crippen molar-refractivity contribution in [1.82, 2.24) is 29.1 Å². The number of carbonyl (C=O) groups excluding carboxylic acids is 4. The molecule has 3 amide bonds. The highest BCUT2D eigenvalue weighted by atomic mass is 16.6. The number of ether oxygens (including phenoxy) is 4. The van der Waals surface area contributed by atoms with Gasteiger partial charge >= 0.3 is 18.2 Å². The lowest BCUT2D eigenvalue weighted by Crippen LogP contribution is -2.48. The van der Waals surface area contributed by atoms with Crippen LogP contribution in [0.2, 0.25) is 0 Å². The van der Waals surface area contributed by atoms with Crippen molar-refractivity contribution in [2.45, 2.75) is 6.92 Å². The Balaban J connectivity index is 1.92. The van der Waals surface area contributed by atoms with Gasteiger partial charge in [0.05, 0.1) is 13.7 Å². The van der Waals surface area contributed by atoms with E-state index in [1.54, 1.807) is 31.2 Å². The lowest BCUT2D eigenvalue weighted by Gasteiger charge is -2.32. The Morgan fingerprint density at radius 2 is 1.21 bits per heavy atom. The van der Waals surface area contributed by atoms with Gasteiger partial charge in [0.2, 0.25) is 11.5 Å². The minimum Gasteiger partial charge on any atom is -0.497 e. The summed E-state index contributed by atoms with van der Waals surface area (Å²) in [4.78, 5) is 62.8. The number of nitrogens with zero attached hydrogens (tertiary/aromatic N) is 6. The molecule has 2 fully saturated rings. The fourth-order valence-electron chi connectivity index (χ4n) is 4.78. The smallest absolute Gasteiger partial charge is 0.415 e. The van der Waals surface area contributed by atoms with Crippen LogP contribution in [-0.2, 0) is 4.74 Å². The summed E-state index contributed by atoms with van der Waals surface area (Å²) < 4.78 is 23.8. The molecule has 0 aliphatic carbocycles. The van der Waals surface area contributed by atoms with Crippen molar-refractivity contribution in [3.05, 3.63) is 35.7 Å². The van der Waals surface area contributed by atoms with Crippen molar-refractivity contribution in [2.24, 2.45) is 0 Å². The standard InChI is InChI=1S/C29H40N6O8/c1-7-41-27(37)23-25(43-29(39)34-18-14-32(5)15-19-34)24(42-28(38)33-16-12-31(4)13-17-33)22(26(36)30(2)3)35(23)20-8-10-21(40-6)11-9-20/h8-11H,7,12-19H2,1-6H3. The Labute approximate surface area is 251 Å². The van der Waals surface area contributed by atoms with E-state index in [9.17, 15) is 19.2 Å². The number of aromatic nitrogens is 1. The SMILES string of the molecule is CCOC(=O)c1c(OC(=O)N2CCN(C)CC2)c(OC(=O)N2CCN(C)CC2)c(C(=O)N(C)C)n1-c1ccc(OC)cc1. The number of rotatable bonds is 7. The summed E-state index contributed by atoms with van der Waals surface area (Å²) in [5.74, 6) is -1.63. The Morgan fingerprint density at radius 1 is 0.744 bits per heavy atom. The zero-order chi connectivity index (χ0) is 31.3. The molecule has 0 radical (unpaired) electrons. The molecule has 1 aromatic carbocycles. The van der Waals surface area contributed by atoms with Gasteiger partial charge in [-0.2, -0.15) is 0 Å². The predicted octanol–water partition coefficient (Wildman–Crippen LogP) is 1.86. The number of methoxy groups -OCH3 is 1. The molecule has 2 aliphatic heterocycles. The van der Waals surface area contributed by atoms with Crippen LogP contribution in [0.15, 0.2) is 24.3 Å². The molecular formula is C29H40N6O8. The van der Waals surface area contributed by atoms with Gasteiger partial charge in [0, 0.05) is 72.1 Å². The molecule has 0 saturated carbocycles. The summed E-state index contributed by atoms with van der Waals surface area (Å²) in [5.41, 5.74) is -0.0874. The molecular weight excluding hydrogens is 560 g/mol. The quantitative estimate of drug-likeness (QED) is 0.435. The maximum atomic E-state index is 13.8. The van der Waals surface area contributed by atoms with Gasteiger partial charge in [-0.25, -0.2) is 14.4 Å². The van der Waals surface area contributed by atoms with E-state index in [4.69, 9.17) is 18.9 Å². The molecule has 43 heavy (non-hydrogen) atoms. The third kappa shape index (κ3) is 7.03. The van der Waals surface area contributed by atoms with Crippen LogP contribution in [0.1, 0.15) is 27.9 Å². The highest BCUT2D eigenvalue weighted by Gasteiger charge is 2.39. The number of piperazine rings is 2. The minimum atomic E-state index is -0.866. The molecule has 14 nitrogen and oxygen atoms in total. The van der Waals surface area contributed by atoms with Crippen molar-refractivity contribution < 1.29 is 38.1 Å². The van der Waals surface area contributed by atoms with Gasteiger partial charge in [-0.3, -0.25) is 9.36 Å². The second-order valence-corrected chi connectivity index (χ2v) is 10.6. The zero-order valence-electron chi connectivity index (χ0n) is 25.6. The van der Waals surface area contributed by atoms with E-state index < -0.39 is 24.1 Å². The number of hydrogen-bond donors (Lipinski definition) is 0. The molecule has 4 rings (SSSR count). The summed E-state index contributed by atoms with van der Waals surface area (Å²) in [5, 5.41) is 0. The van der Waals surface area contributed by atoms with Crippen LogP contribution in [0, 0.1) is 0 Å². The van der Waals surface area contributed by atoms with Crippen molar-refractivity contribution in [2.75, 3.05) is 94.3 Å². The summed E-state index contributed by atoms with van der Waals surface area (Å²) >= 11 is 0. The third-order valence-electron chi connectivity index (χ3n) is 7.39. The largest absolute Gasteiger partial charge is 0.497 e. The zero-order valence-corrected chi connectivity index (χ0v) is 25.6. The lowest BCUT2D eigenvalue weighted by molar-refractivity contribution is 0.0512. The summed E-state index contributed by atoms with van der Waals surface area (Å²) in [6.45, 7) is 5.73. The highest BCUT2D eigenvalue weighted by Crippen LogP contribution is 2.42. The van der Waals surface area contributed by atoms with Crippen LogP contribution in [-0.4, -0.2) is 147 Å². The normalized spacial score (nSPS) is 16.0. The summed E-state index contributed by atoms with van der Waals surface area (Å²) in [7, 11) is 8.47. The number of likely N-dealkylation sites (N-methyl/N-ethyl adjacent to an activating group) is 2. The van der Waals surface area contributed by atoms with Gasteiger partial charge in [-0.15, -0.1) is 0 Å². The molecule has 2 aliphatic rings. The number of amides is 3. The van der Waals surface area contributed by atoms with E-state index in [2.05, 4.69) is 9.80 Å². The molecule has 3 heterocycles. The van der Waals surface area contributed by atoms with E-state index in [1.807, 2.05) is 14.1 Å². The Hall–Kier alpha value is -4.30. The van der Waals surface area contributed by atoms with E-state index in [1.165, 1.54) is 40.5 Å². The first-order valence-electron chi connectivity index (χ1n) is 14.2. The topological polar surface area (TPSA) is 126 Å². The fraction of sp³-hybridized carbons (Fsp3) is 0.517. The Kier molecular flexibility index (Phi) is 10.1. The van der Waals surface area contributed by atoms with Crippen molar-refractivity contribution in [3.63, 3.8) is 0 Å². The van der Waals surface area contributed by atoms with Gasteiger partial charge in [0.25, 0.3) is 5.91 Å². The first-order valence-corrected chi connectivity index (χ1v) is 14.2. The van der Waals surface area contributed by atoms with Crippen LogP contribution in [0.25, 0.3) is 5.69 Å². The molecule has 234 valence electrons. The average Bonchev–Trinajstić information content (AvgIpc) is 3.30. The molecule has 0 atom stereocenters. The Bertz CT molecular complexity index is 1330. The maximum absolute atomic E-state index is 13.8.